The molecule has 0 aromatic carbocycles. The molecule has 0 aromatic heterocycles. The summed E-state index contributed by atoms with van der Waals surface area (Å²) in [6, 6.07) is -1.56. The summed E-state index contributed by atoms with van der Waals surface area (Å²) < 4.78 is 16.3. The van der Waals surface area contributed by atoms with Crippen molar-refractivity contribution in [3.05, 3.63) is 12.7 Å². The van der Waals surface area contributed by atoms with Gasteiger partial charge in [0.05, 0.1) is 0 Å². The number of hydrogen-bond donors (Lipinski definition) is 2. The number of rotatable bonds is 5. The molecule has 0 aliphatic heterocycles. The summed E-state index contributed by atoms with van der Waals surface area (Å²) in [4.78, 5) is 20.9. The average Bonchev–Trinajstić information content (AvgIpc) is 2.10. The molecular formula is C7H10FNO4. The monoisotopic (exact) mass is 191 g/mol. The Morgan fingerprint density at radius 2 is 2.31 bits per heavy atom. The molecule has 0 rings (SSSR count). The molecule has 0 heterocycles. The molecule has 0 aliphatic rings. The van der Waals surface area contributed by atoms with Crippen LogP contribution in [0.5, 0.6) is 0 Å². The zero-order valence-corrected chi connectivity index (χ0v) is 6.83. The Morgan fingerprint density at radius 3 is 2.69 bits per heavy atom. The molecule has 74 valence electrons. The van der Waals surface area contributed by atoms with Crippen LogP contribution >= 0.6 is 0 Å². The predicted molar refractivity (Wildman–Crippen MR) is 42.1 cm³/mol. The van der Waals surface area contributed by atoms with Gasteiger partial charge in [0.2, 0.25) is 0 Å². The van der Waals surface area contributed by atoms with Crippen LogP contribution in [0.1, 0.15) is 0 Å². The molecule has 0 spiro atoms. The molecule has 6 heteroatoms. The molecule has 0 saturated heterocycles. The van der Waals surface area contributed by atoms with Crippen molar-refractivity contribution >= 4 is 12.1 Å². The van der Waals surface area contributed by atoms with Crippen LogP contribution in [0.2, 0.25) is 0 Å². The number of alkyl halides is 1. The summed E-state index contributed by atoms with van der Waals surface area (Å²) in [5, 5.41) is 10.1. The van der Waals surface area contributed by atoms with Crippen LogP contribution in [0.3, 0.4) is 0 Å². The van der Waals surface area contributed by atoms with E-state index in [1.165, 1.54) is 6.08 Å². The number of hydrogen-bond acceptors (Lipinski definition) is 3. The third-order valence-electron chi connectivity index (χ3n) is 1.08. The maximum absolute atomic E-state index is 11.9. The van der Waals surface area contributed by atoms with E-state index in [2.05, 4.69) is 11.3 Å². The Labute approximate surface area is 74.2 Å². The highest BCUT2D eigenvalue weighted by Crippen LogP contribution is 1.88. The first-order valence-corrected chi connectivity index (χ1v) is 3.44. The van der Waals surface area contributed by atoms with Gasteiger partial charge in [0.15, 0.2) is 6.04 Å². The van der Waals surface area contributed by atoms with Gasteiger partial charge in [0.1, 0.15) is 13.3 Å². The van der Waals surface area contributed by atoms with Crippen LogP contribution < -0.4 is 5.32 Å². The molecule has 1 unspecified atom stereocenters. The quantitative estimate of drug-likeness (QED) is 0.613. The van der Waals surface area contributed by atoms with Gasteiger partial charge >= 0.3 is 12.1 Å². The summed E-state index contributed by atoms with van der Waals surface area (Å²) in [7, 11) is 0. The molecule has 0 saturated carbocycles. The van der Waals surface area contributed by atoms with Crippen molar-refractivity contribution in [1.82, 2.24) is 5.32 Å². The number of amides is 1. The smallest absolute Gasteiger partial charge is 0.408 e. The molecule has 0 aliphatic carbocycles. The average molecular weight is 191 g/mol. The van der Waals surface area contributed by atoms with Crippen molar-refractivity contribution in [3.63, 3.8) is 0 Å². The lowest BCUT2D eigenvalue weighted by Gasteiger charge is -2.09. The van der Waals surface area contributed by atoms with Gasteiger partial charge < -0.3 is 15.2 Å². The number of carboxylic acid groups (broad SMARTS) is 1. The molecule has 0 fully saturated rings. The molecule has 1 atom stereocenters. The van der Waals surface area contributed by atoms with Crippen molar-refractivity contribution in [2.24, 2.45) is 0 Å². The van der Waals surface area contributed by atoms with Gasteiger partial charge in [0.25, 0.3) is 0 Å². The minimum Gasteiger partial charge on any atom is -0.480 e. The zero-order chi connectivity index (χ0) is 10.3. The van der Waals surface area contributed by atoms with Crippen LogP contribution in [0.15, 0.2) is 12.7 Å². The summed E-state index contributed by atoms with van der Waals surface area (Å²) in [6.07, 6.45) is 0.329. The SMILES string of the molecule is C=CCOC(=O)NC(CF)C(=O)O. The molecule has 1 amide bonds. The van der Waals surface area contributed by atoms with Crippen LogP contribution in [0, 0.1) is 0 Å². The molecular weight excluding hydrogens is 181 g/mol. The van der Waals surface area contributed by atoms with Crippen LogP contribution in [0.4, 0.5) is 9.18 Å². The van der Waals surface area contributed by atoms with E-state index in [-0.39, 0.29) is 6.61 Å². The van der Waals surface area contributed by atoms with E-state index in [0.29, 0.717) is 0 Å². The Bertz CT molecular complexity index is 207. The minimum absolute atomic E-state index is 0.0511. The number of nitrogens with one attached hydrogen (secondary N) is 1. The van der Waals surface area contributed by atoms with E-state index >= 15 is 0 Å². The maximum atomic E-state index is 11.9. The zero-order valence-electron chi connectivity index (χ0n) is 6.83. The van der Waals surface area contributed by atoms with Gasteiger partial charge in [-0.25, -0.2) is 14.0 Å². The van der Waals surface area contributed by atoms with Gasteiger partial charge in [-0.1, -0.05) is 12.7 Å². The predicted octanol–water partition coefficient (Wildman–Crippen LogP) is 0.321. The van der Waals surface area contributed by atoms with Gasteiger partial charge in [-0.3, -0.25) is 0 Å². The van der Waals surface area contributed by atoms with E-state index in [9.17, 15) is 14.0 Å². The maximum Gasteiger partial charge on any atom is 0.408 e. The van der Waals surface area contributed by atoms with E-state index in [4.69, 9.17) is 5.11 Å². The lowest BCUT2D eigenvalue weighted by atomic mass is 10.3. The molecule has 0 aromatic rings. The number of carboxylic acids is 1. The standard InChI is InChI=1S/C7H10FNO4/c1-2-3-13-7(12)9-5(4-8)6(10)11/h2,5H,1,3-4H2,(H,9,12)(H,10,11). The van der Waals surface area contributed by atoms with Gasteiger partial charge in [-0.05, 0) is 0 Å². The normalized spacial score (nSPS) is 11.5. The van der Waals surface area contributed by atoms with Crippen LogP contribution in [-0.4, -0.2) is 36.5 Å². The molecule has 5 nitrogen and oxygen atoms in total. The highest BCUT2D eigenvalue weighted by atomic mass is 19.1. The van der Waals surface area contributed by atoms with Gasteiger partial charge in [-0.15, -0.1) is 0 Å². The second-order valence-corrected chi connectivity index (χ2v) is 2.08. The molecule has 0 radical (unpaired) electrons. The van der Waals surface area contributed by atoms with Crippen molar-refractivity contribution in [3.8, 4) is 0 Å². The second-order valence-electron chi connectivity index (χ2n) is 2.08. The molecule has 0 bridgehead atoms. The Morgan fingerprint density at radius 1 is 1.69 bits per heavy atom. The van der Waals surface area contributed by atoms with Gasteiger partial charge in [0, 0.05) is 0 Å². The number of aliphatic carboxylic acids is 1. The molecule has 13 heavy (non-hydrogen) atoms. The second kappa shape index (κ2) is 5.99. The number of carbonyl (C=O) groups excluding carboxylic acids is 1. The summed E-state index contributed by atoms with van der Waals surface area (Å²) in [6.45, 7) is 2.04. The first-order valence-electron chi connectivity index (χ1n) is 3.44. The van der Waals surface area contributed by atoms with Crippen molar-refractivity contribution in [1.29, 1.82) is 0 Å². The van der Waals surface area contributed by atoms with Crippen molar-refractivity contribution in [2.75, 3.05) is 13.3 Å². The first-order chi connectivity index (χ1) is 6.11. The van der Waals surface area contributed by atoms with Gasteiger partial charge in [-0.2, -0.15) is 0 Å². The lowest BCUT2D eigenvalue weighted by Crippen LogP contribution is -2.42. The highest BCUT2D eigenvalue weighted by molar-refractivity contribution is 5.79. The Balaban J connectivity index is 3.86. The Hall–Kier alpha value is -1.59. The fourth-order valence-electron chi connectivity index (χ4n) is 0.485. The molecule has 2 N–H and O–H groups in total. The van der Waals surface area contributed by atoms with E-state index in [0.717, 1.165) is 0 Å². The van der Waals surface area contributed by atoms with E-state index in [1.807, 2.05) is 5.32 Å². The lowest BCUT2D eigenvalue weighted by molar-refractivity contribution is -0.139. The van der Waals surface area contributed by atoms with E-state index in [1.54, 1.807) is 0 Å². The third kappa shape index (κ3) is 4.78. The number of carbonyl (C=O) groups is 2. The topological polar surface area (TPSA) is 75.6 Å². The van der Waals surface area contributed by atoms with E-state index < -0.39 is 24.8 Å². The summed E-state index contributed by atoms with van der Waals surface area (Å²) >= 11 is 0. The first kappa shape index (κ1) is 11.4. The Kier molecular flexibility index (Phi) is 5.25. The third-order valence-corrected chi connectivity index (χ3v) is 1.08. The minimum atomic E-state index is -1.56. The summed E-state index contributed by atoms with van der Waals surface area (Å²) in [5.41, 5.74) is 0. The highest BCUT2D eigenvalue weighted by Gasteiger charge is 2.19. The number of halogens is 1. The largest absolute Gasteiger partial charge is 0.480 e. The number of alkyl carbamates (subject to hydrolysis) is 1. The van der Waals surface area contributed by atoms with Crippen LogP contribution in [-0.2, 0) is 9.53 Å². The fraction of sp³-hybridized carbons (Fsp3) is 0.429. The van der Waals surface area contributed by atoms with Crippen molar-refractivity contribution in [2.45, 2.75) is 6.04 Å². The van der Waals surface area contributed by atoms with Crippen molar-refractivity contribution < 1.29 is 23.8 Å². The fourth-order valence-corrected chi connectivity index (χ4v) is 0.485. The summed E-state index contributed by atoms with van der Waals surface area (Å²) in [5.74, 6) is -1.45. The van der Waals surface area contributed by atoms with Crippen LogP contribution in [0.25, 0.3) is 0 Å². The number of ether oxygens (including phenoxy) is 1.